The van der Waals surface area contributed by atoms with Crippen molar-refractivity contribution in [3.8, 4) is 0 Å². The van der Waals surface area contributed by atoms with Crippen LogP contribution >= 0.6 is 0 Å². The first-order valence-electron chi connectivity index (χ1n) is 12.1. The van der Waals surface area contributed by atoms with Crippen LogP contribution in [0.1, 0.15) is 66.1 Å². The SMILES string of the molecule is CCc1ccc([C@@H](C(=O)NC2CCCC2)N(Cc2ccco2)C(=O)CNC(=O)c2ccco2)cc1. The van der Waals surface area contributed by atoms with Crippen molar-refractivity contribution in [1.29, 1.82) is 0 Å². The van der Waals surface area contributed by atoms with Gasteiger partial charge in [0.2, 0.25) is 11.8 Å². The molecule has 3 aromatic rings. The molecule has 1 saturated carbocycles. The molecule has 3 amide bonds. The lowest BCUT2D eigenvalue weighted by Gasteiger charge is -2.32. The van der Waals surface area contributed by atoms with E-state index >= 15 is 0 Å². The van der Waals surface area contributed by atoms with Crippen LogP contribution in [0.3, 0.4) is 0 Å². The third kappa shape index (κ3) is 6.20. The van der Waals surface area contributed by atoms with Gasteiger partial charge in [-0.25, -0.2) is 0 Å². The topological polar surface area (TPSA) is 105 Å². The van der Waals surface area contributed by atoms with Crippen LogP contribution in [0.5, 0.6) is 0 Å². The molecular weight excluding hydrogens is 446 g/mol. The summed E-state index contributed by atoms with van der Waals surface area (Å²) in [5.74, 6) is -0.493. The number of aryl methyl sites for hydroxylation is 1. The number of carbonyl (C=O) groups excluding carboxylic acids is 3. The molecule has 2 heterocycles. The molecule has 0 spiro atoms. The number of nitrogens with zero attached hydrogens (tertiary/aromatic N) is 1. The zero-order chi connectivity index (χ0) is 24.6. The Hall–Kier alpha value is -3.81. The molecule has 0 aliphatic heterocycles. The monoisotopic (exact) mass is 477 g/mol. The van der Waals surface area contributed by atoms with Gasteiger partial charge < -0.3 is 24.4 Å². The van der Waals surface area contributed by atoms with Gasteiger partial charge in [-0.15, -0.1) is 0 Å². The third-order valence-corrected chi connectivity index (χ3v) is 6.34. The minimum atomic E-state index is -0.875. The molecule has 1 fully saturated rings. The fourth-order valence-electron chi connectivity index (χ4n) is 4.40. The van der Waals surface area contributed by atoms with Gasteiger partial charge in [0.05, 0.1) is 25.6 Å². The van der Waals surface area contributed by atoms with Crippen LogP contribution in [-0.4, -0.2) is 35.2 Å². The molecule has 1 aromatic carbocycles. The predicted molar refractivity (Wildman–Crippen MR) is 129 cm³/mol. The Kier molecular flexibility index (Phi) is 8.03. The number of benzene rings is 1. The average Bonchev–Trinajstić information content (AvgIpc) is 3.66. The molecular formula is C27H31N3O5. The van der Waals surface area contributed by atoms with Crippen LogP contribution in [0.4, 0.5) is 0 Å². The van der Waals surface area contributed by atoms with Gasteiger partial charge in [0.25, 0.3) is 5.91 Å². The van der Waals surface area contributed by atoms with Crippen LogP contribution in [0, 0.1) is 0 Å². The summed E-state index contributed by atoms with van der Waals surface area (Å²) in [4.78, 5) is 40.9. The van der Waals surface area contributed by atoms with Crippen LogP contribution in [0.25, 0.3) is 0 Å². The van der Waals surface area contributed by atoms with E-state index in [0.717, 1.165) is 37.7 Å². The van der Waals surface area contributed by atoms with Crippen LogP contribution in [0.15, 0.2) is 69.9 Å². The summed E-state index contributed by atoms with van der Waals surface area (Å²) < 4.78 is 10.6. The predicted octanol–water partition coefficient (Wildman–Crippen LogP) is 3.99. The Morgan fingerprint density at radius 2 is 1.71 bits per heavy atom. The maximum atomic E-state index is 13.6. The number of nitrogens with one attached hydrogen (secondary N) is 2. The van der Waals surface area contributed by atoms with Gasteiger partial charge in [-0.1, -0.05) is 44.0 Å². The number of hydrogen-bond donors (Lipinski definition) is 2. The fourth-order valence-corrected chi connectivity index (χ4v) is 4.40. The highest BCUT2D eigenvalue weighted by atomic mass is 16.3. The van der Waals surface area contributed by atoms with Crippen molar-refractivity contribution in [3.63, 3.8) is 0 Å². The van der Waals surface area contributed by atoms with E-state index < -0.39 is 17.9 Å². The van der Waals surface area contributed by atoms with E-state index in [2.05, 4.69) is 17.6 Å². The Bertz CT molecular complexity index is 1100. The van der Waals surface area contributed by atoms with E-state index in [1.165, 1.54) is 23.5 Å². The number of amides is 3. The van der Waals surface area contributed by atoms with Crippen LogP contribution < -0.4 is 10.6 Å². The average molecular weight is 478 g/mol. The second-order valence-electron chi connectivity index (χ2n) is 8.75. The zero-order valence-corrected chi connectivity index (χ0v) is 19.9. The van der Waals surface area contributed by atoms with Crippen LogP contribution in [-0.2, 0) is 22.6 Å². The van der Waals surface area contributed by atoms with Crippen molar-refractivity contribution in [2.24, 2.45) is 0 Å². The molecule has 4 rings (SSSR count). The summed E-state index contributed by atoms with van der Waals surface area (Å²) in [6, 6.07) is 13.6. The molecule has 2 aromatic heterocycles. The van der Waals surface area contributed by atoms with Crippen molar-refractivity contribution in [3.05, 3.63) is 83.7 Å². The largest absolute Gasteiger partial charge is 0.467 e. The molecule has 8 heteroatoms. The third-order valence-electron chi connectivity index (χ3n) is 6.34. The molecule has 0 radical (unpaired) electrons. The van der Waals surface area contributed by atoms with Crippen LogP contribution in [0.2, 0.25) is 0 Å². The first kappa shape index (κ1) is 24.3. The molecule has 2 N–H and O–H groups in total. The van der Waals surface area contributed by atoms with Gasteiger partial charge in [-0.2, -0.15) is 0 Å². The molecule has 0 bridgehead atoms. The second kappa shape index (κ2) is 11.6. The van der Waals surface area contributed by atoms with Gasteiger partial charge in [-0.05, 0) is 54.7 Å². The number of rotatable bonds is 10. The molecule has 1 aliphatic carbocycles. The summed E-state index contributed by atoms with van der Waals surface area (Å²) in [5, 5.41) is 5.74. The van der Waals surface area contributed by atoms with Gasteiger partial charge in [0, 0.05) is 6.04 Å². The smallest absolute Gasteiger partial charge is 0.287 e. The maximum Gasteiger partial charge on any atom is 0.287 e. The molecule has 1 atom stereocenters. The molecule has 0 saturated heterocycles. The van der Waals surface area contributed by atoms with E-state index in [0.29, 0.717) is 11.3 Å². The summed E-state index contributed by atoms with van der Waals surface area (Å²) in [6.07, 6.45) is 7.80. The minimum absolute atomic E-state index is 0.0841. The lowest BCUT2D eigenvalue weighted by atomic mass is 10.0. The lowest BCUT2D eigenvalue weighted by Crippen LogP contribution is -2.48. The summed E-state index contributed by atoms with van der Waals surface area (Å²) >= 11 is 0. The lowest BCUT2D eigenvalue weighted by molar-refractivity contribution is -0.141. The van der Waals surface area contributed by atoms with Gasteiger partial charge in [0.15, 0.2) is 5.76 Å². The summed E-state index contributed by atoms with van der Waals surface area (Å²) in [7, 11) is 0. The van der Waals surface area contributed by atoms with E-state index in [-0.39, 0.29) is 30.8 Å². The molecule has 8 nitrogen and oxygen atoms in total. The fraction of sp³-hybridized carbons (Fsp3) is 0.370. The second-order valence-corrected chi connectivity index (χ2v) is 8.75. The highest BCUT2D eigenvalue weighted by Gasteiger charge is 2.34. The highest BCUT2D eigenvalue weighted by molar-refractivity contribution is 5.95. The standard InChI is InChI=1S/C27H31N3O5/c1-2-19-11-13-20(14-12-19)25(27(33)29-21-7-3-4-8-21)30(18-22-9-5-15-34-22)24(31)17-28-26(32)23-10-6-16-35-23/h5-6,9-16,21,25H,2-4,7-8,17-18H2,1H3,(H,28,32)(H,29,33)/t25-/m0/s1. The summed E-state index contributed by atoms with van der Waals surface area (Å²) in [6.45, 7) is 1.86. The van der Waals surface area contributed by atoms with Gasteiger partial charge in [-0.3, -0.25) is 14.4 Å². The quantitative estimate of drug-likeness (QED) is 0.459. The Balaban J connectivity index is 1.61. The molecule has 35 heavy (non-hydrogen) atoms. The maximum absolute atomic E-state index is 13.6. The molecule has 0 unspecified atom stereocenters. The van der Waals surface area contributed by atoms with Crippen molar-refractivity contribution >= 4 is 17.7 Å². The molecule has 1 aliphatic rings. The Labute approximate surface area is 204 Å². The number of hydrogen-bond acceptors (Lipinski definition) is 5. The molecule has 184 valence electrons. The first-order chi connectivity index (χ1) is 17.0. The Morgan fingerprint density at radius 1 is 1.00 bits per heavy atom. The number of furan rings is 2. The Morgan fingerprint density at radius 3 is 2.34 bits per heavy atom. The van der Waals surface area contributed by atoms with Crippen molar-refractivity contribution in [2.75, 3.05) is 6.54 Å². The van der Waals surface area contributed by atoms with Crippen molar-refractivity contribution in [1.82, 2.24) is 15.5 Å². The summed E-state index contributed by atoms with van der Waals surface area (Å²) in [5.41, 5.74) is 1.84. The van der Waals surface area contributed by atoms with Gasteiger partial charge >= 0.3 is 0 Å². The van der Waals surface area contributed by atoms with Gasteiger partial charge in [0.1, 0.15) is 11.8 Å². The van der Waals surface area contributed by atoms with E-state index in [9.17, 15) is 14.4 Å². The van der Waals surface area contributed by atoms with E-state index in [4.69, 9.17) is 8.83 Å². The van der Waals surface area contributed by atoms with E-state index in [1.807, 2.05) is 24.3 Å². The highest BCUT2D eigenvalue weighted by Crippen LogP contribution is 2.26. The normalized spacial score (nSPS) is 14.4. The van der Waals surface area contributed by atoms with Crippen molar-refractivity contribution in [2.45, 2.75) is 57.7 Å². The minimum Gasteiger partial charge on any atom is -0.467 e. The first-order valence-corrected chi connectivity index (χ1v) is 12.1. The number of carbonyl (C=O) groups is 3. The van der Waals surface area contributed by atoms with Crippen molar-refractivity contribution < 1.29 is 23.2 Å². The zero-order valence-electron chi connectivity index (χ0n) is 19.9. The van der Waals surface area contributed by atoms with E-state index in [1.54, 1.807) is 18.2 Å².